The summed E-state index contributed by atoms with van der Waals surface area (Å²) in [7, 11) is 1.90. The Hall–Kier alpha value is -2.63. The van der Waals surface area contributed by atoms with Gasteiger partial charge in [-0.3, -0.25) is 9.48 Å². The van der Waals surface area contributed by atoms with Gasteiger partial charge in [-0.2, -0.15) is 5.10 Å². The van der Waals surface area contributed by atoms with Gasteiger partial charge < -0.3 is 9.72 Å². The molecule has 0 atom stereocenters. The predicted octanol–water partition coefficient (Wildman–Crippen LogP) is 3.29. The van der Waals surface area contributed by atoms with Crippen LogP contribution < -0.4 is 5.32 Å². The van der Waals surface area contributed by atoms with Crippen molar-refractivity contribution in [1.29, 1.82) is 0 Å². The monoisotopic (exact) mass is 323 g/mol. The number of amides is 1. The molecule has 0 bridgehead atoms. The summed E-state index contributed by atoms with van der Waals surface area (Å²) in [4.78, 5) is 17.0. The fraction of sp³-hybridized carbons (Fsp3) is 0.389. The summed E-state index contributed by atoms with van der Waals surface area (Å²) in [6.45, 7) is 1.99. The van der Waals surface area contributed by atoms with Crippen LogP contribution in [0.4, 0.5) is 5.69 Å². The smallest absolute Gasteiger partial charge is 0.255 e. The van der Waals surface area contributed by atoms with E-state index in [1.54, 1.807) is 10.9 Å². The zero-order valence-electron chi connectivity index (χ0n) is 14.0. The Bertz CT molecular complexity index is 901. The van der Waals surface area contributed by atoms with Crippen LogP contribution in [0.15, 0.2) is 30.7 Å². The quantitative estimate of drug-likeness (QED) is 0.804. The summed E-state index contributed by atoms with van der Waals surface area (Å²) < 4.78 is 3.75. The normalized spacial score (nSPS) is 15.2. The Morgan fingerprint density at radius 1 is 1.33 bits per heavy atom. The number of aromatic nitrogens is 4. The zero-order chi connectivity index (χ0) is 16.7. The first-order valence-corrected chi connectivity index (χ1v) is 8.40. The van der Waals surface area contributed by atoms with Crippen molar-refractivity contribution in [2.24, 2.45) is 7.05 Å². The Balaban J connectivity index is 1.61. The molecule has 1 N–H and O–H groups in total. The minimum Gasteiger partial charge on any atom is -0.319 e. The minimum absolute atomic E-state index is 0.120. The number of nitrogens with zero attached hydrogens (tertiary/aromatic N) is 4. The fourth-order valence-corrected chi connectivity index (χ4v) is 3.55. The number of rotatable bonds is 3. The van der Waals surface area contributed by atoms with Crippen LogP contribution in [0.3, 0.4) is 0 Å². The average Bonchev–Trinajstić information content (AvgIpc) is 3.28. The van der Waals surface area contributed by atoms with Gasteiger partial charge in [-0.05, 0) is 31.9 Å². The number of aryl methyl sites for hydroxylation is 2. The van der Waals surface area contributed by atoms with E-state index in [-0.39, 0.29) is 5.91 Å². The molecule has 1 amide bonds. The van der Waals surface area contributed by atoms with Crippen molar-refractivity contribution in [3.8, 4) is 0 Å². The maximum Gasteiger partial charge on any atom is 0.255 e. The van der Waals surface area contributed by atoms with Crippen LogP contribution in [0.25, 0.3) is 5.65 Å². The summed E-state index contributed by atoms with van der Waals surface area (Å²) >= 11 is 0. The third-order valence-electron chi connectivity index (χ3n) is 4.81. The van der Waals surface area contributed by atoms with Crippen LogP contribution in [0.5, 0.6) is 0 Å². The molecule has 1 aliphatic carbocycles. The second-order valence-corrected chi connectivity index (χ2v) is 6.58. The molecule has 6 heteroatoms. The molecule has 24 heavy (non-hydrogen) atoms. The van der Waals surface area contributed by atoms with E-state index >= 15 is 0 Å². The molecule has 1 aliphatic rings. The standard InChI is InChI=1S/C18H21N5O/c1-12-10-19-16-9-14(7-8-23(12)16)18(24)20-15-11-22(2)21-17(15)13-5-3-4-6-13/h7-11,13H,3-6H2,1-2H3,(H,20,24). The van der Waals surface area contributed by atoms with E-state index in [9.17, 15) is 4.79 Å². The van der Waals surface area contributed by atoms with Gasteiger partial charge >= 0.3 is 0 Å². The van der Waals surface area contributed by atoms with Gasteiger partial charge in [0.25, 0.3) is 5.91 Å². The van der Waals surface area contributed by atoms with Gasteiger partial charge in [0.2, 0.25) is 0 Å². The zero-order valence-corrected chi connectivity index (χ0v) is 14.0. The summed E-state index contributed by atoms with van der Waals surface area (Å²) in [6.07, 6.45) is 10.4. The molecule has 3 heterocycles. The highest BCUT2D eigenvalue weighted by atomic mass is 16.1. The van der Waals surface area contributed by atoms with Crippen LogP contribution in [-0.2, 0) is 7.05 Å². The van der Waals surface area contributed by atoms with Gasteiger partial charge in [0.1, 0.15) is 5.65 Å². The number of hydrogen-bond donors (Lipinski definition) is 1. The first-order valence-electron chi connectivity index (χ1n) is 8.40. The Morgan fingerprint density at radius 3 is 2.92 bits per heavy atom. The molecule has 0 aromatic carbocycles. The topological polar surface area (TPSA) is 64.2 Å². The van der Waals surface area contributed by atoms with Crippen LogP contribution in [-0.4, -0.2) is 25.1 Å². The Morgan fingerprint density at radius 2 is 2.12 bits per heavy atom. The highest BCUT2D eigenvalue weighted by Crippen LogP contribution is 2.36. The maximum atomic E-state index is 12.7. The number of nitrogens with one attached hydrogen (secondary N) is 1. The molecule has 0 radical (unpaired) electrons. The SMILES string of the molecule is Cc1cnc2cc(C(=O)Nc3cn(C)nc3C3CCCC3)ccn12. The molecule has 3 aromatic rings. The van der Waals surface area contributed by atoms with Crippen molar-refractivity contribution in [1.82, 2.24) is 19.2 Å². The average molecular weight is 323 g/mol. The van der Waals surface area contributed by atoms with Gasteiger partial charge in [-0.25, -0.2) is 4.98 Å². The van der Waals surface area contributed by atoms with E-state index in [1.807, 2.05) is 42.9 Å². The molecule has 3 aromatic heterocycles. The van der Waals surface area contributed by atoms with Crippen molar-refractivity contribution in [2.45, 2.75) is 38.5 Å². The molecule has 0 aliphatic heterocycles. The van der Waals surface area contributed by atoms with E-state index in [1.165, 1.54) is 12.8 Å². The second kappa shape index (κ2) is 5.78. The van der Waals surface area contributed by atoms with E-state index < -0.39 is 0 Å². The molecule has 0 spiro atoms. The third kappa shape index (κ3) is 2.58. The maximum absolute atomic E-state index is 12.7. The van der Waals surface area contributed by atoms with Crippen molar-refractivity contribution in [3.05, 3.63) is 47.7 Å². The first-order chi connectivity index (χ1) is 11.6. The van der Waals surface area contributed by atoms with Crippen molar-refractivity contribution < 1.29 is 4.79 Å². The largest absolute Gasteiger partial charge is 0.319 e. The molecule has 124 valence electrons. The Labute approximate surface area is 140 Å². The summed E-state index contributed by atoms with van der Waals surface area (Å²) in [6, 6.07) is 3.64. The van der Waals surface area contributed by atoms with Crippen LogP contribution in [0, 0.1) is 6.92 Å². The molecule has 4 rings (SSSR count). The summed E-state index contributed by atoms with van der Waals surface area (Å²) in [5, 5.41) is 7.61. The lowest BCUT2D eigenvalue weighted by molar-refractivity contribution is 0.102. The second-order valence-electron chi connectivity index (χ2n) is 6.58. The van der Waals surface area contributed by atoms with Gasteiger partial charge in [-0.15, -0.1) is 0 Å². The van der Waals surface area contributed by atoms with Gasteiger partial charge in [0, 0.05) is 42.8 Å². The molecule has 6 nitrogen and oxygen atoms in total. The number of carbonyl (C=O) groups is 1. The number of hydrogen-bond acceptors (Lipinski definition) is 3. The van der Waals surface area contributed by atoms with Crippen molar-refractivity contribution in [2.75, 3.05) is 5.32 Å². The van der Waals surface area contributed by atoms with Crippen LogP contribution >= 0.6 is 0 Å². The molecule has 0 saturated heterocycles. The first kappa shape index (κ1) is 14.9. The van der Waals surface area contributed by atoms with Crippen LogP contribution in [0.2, 0.25) is 0 Å². The summed E-state index contributed by atoms with van der Waals surface area (Å²) in [5.74, 6) is 0.337. The number of imidazole rings is 1. The van der Waals surface area contributed by atoms with Gasteiger partial charge in [0.15, 0.2) is 0 Å². The molecular weight excluding hydrogens is 302 g/mol. The number of anilines is 1. The minimum atomic E-state index is -0.120. The van der Waals surface area contributed by atoms with Crippen LogP contribution in [0.1, 0.15) is 53.3 Å². The number of carbonyl (C=O) groups excluding carboxylic acids is 1. The number of pyridine rings is 1. The lowest BCUT2D eigenvalue weighted by Crippen LogP contribution is -2.13. The van der Waals surface area contributed by atoms with E-state index in [0.29, 0.717) is 11.5 Å². The molecular formula is C18H21N5O. The van der Waals surface area contributed by atoms with E-state index in [0.717, 1.165) is 35.6 Å². The lowest BCUT2D eigenvalue weighted by Gasteiger charge is -2.10. The molecule has 0 unspecified atom stereocenters. The molecule has 1 fully saturated rings. The van der Waals surface area contributed by atoms with Crippen molar-refractivity contribution >= 4 is 17.2 Å². The summed E-state index contributed by atoms with van der Waals surface area (Å²) in [5.41, 5.74) is 4.28. The third-order valence-corrected chi connectivity index (χ3v) is 4.81. The highest BCUT2D eigenvalue weighted by molar-refractivity contribution is 6.05. The molecule has 1 saturated carbocycles. The lowest BCUT2D eigenvalue weighted by atomic mass is 10.0. The van der Waals surface area contributed by atoms with Gasteiger partial charge in [0.05, 0.1) is 11.4 Å². The fourth-order valence-electron chi connectivity index (χ4n) is 3.55. The number of fused-ring (bicyclic) bond motifs is 1. The predicted molar refractivity (Wildman–Crippen MR) is 92.3 cm³/mol. The van der Waals surface area contributed by atoms with Crippen molar-refractivity contribution in [3.63, 3.8) is 0 Å². The van der Waals surface area contributed by atoms with Gasteiger partial charge in [-0.1, -0.05) is 12.8 Å². The van der Waals surface area contributed by atoms with E-state index in [2.05, 4.69) is 15.4 Å². The van der Waals surface area contributed by atoms with E-state index in [4.69, 9.17) is 0 Å². The Kier molecular flexibility index (Phi) is 3.59. The highest BCUT2D eigenvalue weighted by Gasteiger charge is 2.24.